The highest BCUT2D eigenvalue weighted by atomic mass is 16.5. The average molecular weight is 408 g/mol. The van der Waals surface area contributed by atoms with Crippen molar-refractivity contribution < 1.29 is 9.47 Å². The predicted octanol–water partition coefficient (Wildman–Crippen LogP) is 6.56. The molecule has 0 spiro atoms. The largest absolute Gasteiger partial charge is 0.490 e. The van der Waals surface area contributed by atoms with Gasteiger partial charge in [-0.25, -0.2) is 0 Å². The Morgan fingerprint density at radius 2 is 1.63 bits per heavy atom. The zero-order valence-electron chi connectivity index (χ0n) is 18.7. The summed E-state index contributed by atoms with van der Waals surface area (Å²) in [5.41, 5.74) is 2.55. The highest BCUT2D eigenvalue weighted by Crippen LogP contribution is 2.37. The summed E-state index contributed by atoms with van der Waals surface area (Å²) in [5.74, 6) is 2.03. The fourth-order valence-corrected chi connectivity index (χ4v) is 5.11. The van der Waals surface area contributed by atoms with Crippen LogP contribution in [0.15, 0.2) is 48.5 Å². The Balaban J connectivity index is 1.32. The van der Waals surface area contributed by atoms with E-state index in [1.165, 1.54) is 49.9 Å². The van der Waals surface area contributed by atoms with Crippen LogP contribution in [0.2, 0.25) is 0 Å². The second-order valence-electron chi connectivity index (χ2n) is 8.91. The third kappa shape index (κ3) is 5.18. The van der Waals surface area contributed by atoms with E-state index < -0.39 is 0 Å². The molecular weight excluding hydrogens is 370 g/mol. The Bertz CT molecular complexity index is 777. The summed E-state index contributed by atoms with van der Waals surface area (Å²) in [7, 11) is 0. The lowest BCUT2D eigenvalue weighted by atomic mass is 9.91. The van der Waals surface area contributed by atoms with E-state index in [2.05, 4.69) is 67.3 Å². The molecule has 1 atom stereocenters. The van der Waals surface area contributed by atoms with Crippen molar-refractivity contribution in [2.24, 2.45) is 0 Å². The summed E-state index contributed by atoms with van der Waals surface area (Å²) >= 11 is 0. The van der Waals surface area contributed by atoms with Crippen molar-refractivity contribution >= 4 is 0 Å². The second-order valence-corrected chi connectivity index (χ2v) is 8.91. The van der Waals surface area contributed by atoms with E-state index in [0.717, 1.165) is 43.2 Å². The summed E-state index contributed by atoms with van der Waals surface area (Å²) in [5, 5.41) is 0. The van der Waals surface area contributed by atoms with Crippen LogP contribution in [0.4, 0.5) is 0 Å². The minimum absolute atomic E-state index is 0.162. The first-order valence-corrected chi connectivity index (χ1v) is 12.0. The van der Waals surface area contributed by atoms with Crippen molar-refractivity contribution in [3.8, 4) is 11.5 Å². The topological polar surface area (TPSA) is 21.7 Å². The highest BCUT2D eigenvalue weighted by Gasteiger charge is 2.27. The van der Waals surface area contributed by atoms with Crippen molar-refractivity contribution in [1.82, 2.24) is 4.90 Å². The molecule has 2 aromatic rings. The number of aryl methyl sites for hydroxylation is 1. The minimum atomic E-state index is 0.162. The third-order valence-electron chi connectivity index (χ3n) is 6.63. The highest BCUT2D eigenvalue weighted by molar-refractivity contribution is 5.42. The fraction of sp³-hybridized carbons (Fsp3) is 0.556. The Morgan fingerprint density at radius 1 is 0.900 bits per heavy atom. The first-order valence-electron chi connectivity index (χ1n) is 12.0. The van der Waals surface area contributed by atoms with E-state index in [9.17, 15) is 0 Å². The molecule has 0 aromatic heterocycles. The normalized spacial score (nSPS) is 23.6. The molecule has 0 unspecified atom stereocenters. The van der Waals surface area contributed by atoms with Gasteiger partial charge >= 0.3 is 0 Å². The van der Waals surface area contributed by atoms with Crippen LogP contribution in [0.5, 0.6) is 11.5 Å². The molecule has 4 rings (SSSR count). The van der Waals surface area contributed by atoms with Crippen LogP contribution in [0.3, 0.4) is 0 Å². The second kappa shape index (κ2) is 10.3. The van der Waals surface area contributed by atoms with Gasteiger partial charge in [0.15, 0.2) is 0 Å². The molecule has 30 heavy (non-hydrogen) atoms. The molecule has 0 amide bonds. The monoisotopic (exact) mass is 407 g/mol. The van der Waals surface area contributed by atoms with Crippen LogP contribution >= 0.6 is 0 Å². The molecule has 2 aliphatic rings. The summed E-state index contributed by atoms with van der Waals surface area (Å²) in [6.45, 7) is 7.05. The summed E-state index contributed by atoms with van der Waals surface area (Å²) in [6.07, 6.45) is 9.93. The maximum Gasteiger partial charge on any atom is 0.124 e. The predicted molar refractivity (Wildman–Crippen MR) is 123 cm³/mol. The molecule has 1 aliphatic heterocycles. The number of rotatable bonds is 8. The number of benzene rings is 2. The van der Waals surface area contributed by atoms with Crippen LogP contribution in [-0.2, 0) is 6.42 Å². The first kappa shape index (κ1) is 21.2. The van der Waals surface area contributed by atoms with Gasteiger partial charge in [-0.05, 0) is 93.8 Å². The number of nitrogens with zero attached hydrogens (tertiary/aromatic N) is 1. The number of fused-ring (bicyclic) bond motifs is 1. The Hall–Kier alpha value is -2.00. The lowest BCUT2D eigenvalue weighted by Crippen LogP contribution is -2.41. The van der Waals surface area contributed by atoms with Crippen LogP contribution in [0.1, 0.15) is 76.0 Å². The van der Waals surface area contributed by atoms with Gasteiger partial charge in [-0.1, -0.05) is 44.2 Å². The van der Waals surface area contributed by atoms with E-state index in [1.54, 1.807) is 0 Å². The third-order valence-corrected chi connectivity index (χ3v) is 6.63. The lowest BCUT2D eigenvalue weighted by Gasteiger charge is -2.37. The van der Waals surface area contributed by atoms with Gasteiger partial charge in [-0.3, -0.25) is 0 Å². The molecule has 0 N–H and O–H groups in total. The molecule has 162 valence electrons. The van der Waals surface area contributed by atoms with Crippen molar-refractivity contribution in [2.45, 2.75) is 83.5 Å². The van der Waals surface area contributed by atoms with E-state index in [1.807, 2.05) is 0 Å². The first-order chi connectivity index (χ1) is 14.8. The molecule has 1 fully saturated rings. The van der Waals surface area contributed by atoms with Crippen LogP contribution < -0.4 is 9.47 Å². The van der Waals surface area contributed by atoms with Gasteiger partial charge in [-0.15, -0.1) is 0 Å². The standard InChI is InChI=1S/C27H37NO2/c1-3-18-28(19-4-2)23-11-13-24(14-12-23)29-25-15-17-27-22(20-25)10-16-26(30-27)21-8-6-5-7-9-21/h5-9,15,17,20,23-24,26H,3-4,10-14,16,18-19H2,1-2H3/t23-,24-,26-/m0/s1. The van der Waals surface area contributed by atoms with E-state index >= 15 is 0 Å². The maximum absolute atomic E-state index is 6.41. The summed E-state index contributed by atoms with van der Waals surface area (Å²) in [6, 6.07) is 17.7. The van der Waals surface area contributed by atoms with Gasteiger partial charge in [-0.2, -0.15) is 0 Å². The fourth-order valence-electron chi connectivity index (χ4n) is 5.11. The molecular formula is C27H37NO2. The molecule has 0 radical (unpaired) electrons. The number of hydrogen-bond donors (Lipinski definition) is 0. The number of hydrogen-bond acceptors (Lipinski definition) is 3. The molecule has 1 aliphatic carbocycles. The minimum Gasteiger partial charge on any atom is -0.490 e. The number of ether oxygens (including phenoxy) is 2. The van der Waals surface area contributed by atoms with Gasteiger partial charge in [0.1, 0.15) is 17.6 Å². The zero-order chi connectivity index (χ0) is 20.8. The summed E-state index contributed by atoms with van der Waals surface area (Å²) < 4.78 is 12.7. The van der Waals surface area contributed by atoms with E-state index in [0.29, 0.717) is 6.10 Å². The zero-order valence-corrected chi connectivity index (χ0v) is 18.7. The van der Waals surface area contributed by atoms with Crippen molar-refractivity contribution in [3.05, 3.63) is 59.7 Å². The van der Waals surface area contributed by atoms with Crippen LogP contribution in [0, 0.1) is 0 Å². The average Bonchev–Trinajstić information content (AvgIpc) is 2.80. The Labute approximate surface area is 182 Å². The molecule has 1 heterocycles. The summed E-state index contributed by atoms with van der Waals surface area (Å²) in [4.78, 5) is 2.70. The maximum atomic E-state index is 6.41. The van der Waals surface area contributed by atoms with Gasteiger partial charge in [0.2, 0.25) is 0 Å². The smallest absolute Gasteiger partial charge is 0.124 e. The quantitative estimate of drug-likeness (QED) is 0.494. The van der Waals surface area contributed by atoms with Crippen LogP contribution in [0.25, 0.3) is 0 Å². The van der Waals surface area contributed by atoms with E-state index in [4.69, 9.17) is 9.47 Å². The molecule has 0 bridgehead atoms. The van der Waals surface area contributed by atoms with Crippen LogP contribution in [-0.4, -0.2) is 30.1 Å². The van der Waals surface area contributed by atoms with Gasteiger partial charge in [0.25, 0.3) is 0 Å². The lowest BCUT2D eigenvalue weighted by molar-refractivity contribution is 0.0874. The van der Waals surface area contributed by atoms with Crippen molar-refractivity contribution in [3.63, 3.8) is 0 Å². The molecule has 3 nitrogen and oxygen atoms in total. The molecule has 1 saturated carbocycles. The van der Waals surface area contributed by atoms with Gasteiger partial charge in [0.05, 0.1) is 6.10 Å². The van der Waals surface area contributed by atoms with Crippen molar-refractivity contribution in [1.29, 1.82) is 0 Å². The molecule has 2 aromatic carbocycles. The SMILES string of the molecule is CCCN(CCC)[C@H]1CC[C@H](Oc2ccc3c(c2)CC[C@@H](c2ccccc2)O3)CC1. The van der Waals surface area contributed by atoms with Crippen molar-refractivity contribution in [2.75, 3.05) is 13.1 Å². The van der Waals surface area contributed by atoms with Gasteiger partial charge in [0, 0.05) is 6.04 Å². The van der Waals surface area contributed by atoms with E-state index in [-0.39, 0.29) is 6.10 Å². The Morgan fingerprint density at radius 3 is 2.33 bits per heavy atom. The molecule has 3 heteroatoms. The van der Waals surface area contributed by atoms with Gasteiger partial charge < -0.3 is 14.4 Å². The molecule has 0 saturated heterocycles. The Kier molecular flexibility index (Phi) is 7.33.